The second-order valence-corrected chi connectivity index (χ2v) is 7.64. The fourth-order valence-corrected chi connectivity index (χ4v) is 3.86. The molecule has 2 aliphatic heterocycles. The maximum Gasteiger partial charge on any atom is 0.227 e. The van der Waals surface area contributed by atoms with Gasteiger partial charge in [-0.1, -0.05) is 0 Å². The van der Waals surface area contributed by atoms with Gasteiger partial charge >= 0.3 is 0 Å². The first-order valence-electron chi connectivity index (χ1n) is 10.1. The molecule has 0 atom stereocenters. The van der Waals surface area contributed by atoms with Gasteiger partial charge in [0.05, 0.1) is 0 Å². The van der Waals surface area contributed by atoms with Gasteiger partial charge in [0.15, 0.2) is 0 Å². The van der Waals surface area contributed by atoms with Crippen LogP contribution in [0.5, 0.6) is 0 Å². The lowest BCUT2D eigenvalue weighted by Gasteiger charge is -2.34. The number of nitrogens with one attached hydrogen (secondary N) is 1. The van der Waals surface area contributed by atoms with Crippen LogP contribution in [0.15, 0.2) is 42.7 Å². The van der Waals surface area contributed by atoms with Crippen molar-refractivity contribution in [3.8, 4) is 0 Å². The number of nitrogens with zero attached hydrogens (tertiary/aromatic N) is 5. The van der Waals surface area contributed by atoms with Gasteiger partial charge in [0.25, 0.3) is 0 Å². The van der Waals surface area contributed by atoms with E-state index in [1.807, 2.05) is 18.2 Å². The van der Waals surface area contributed by atoms with Gasteiger partial charge in [0.1, 0.15) is 0 Å². The van der Waals surface area contributed by atoms with Gasteiger partial charge in [-0.05, 0) is 50.2 Å². The highest BCUT2D eigenvalue weighted by molar-refractivity contribution is 5.92. The minimum Gasteiger partial charge on any atom is -0.369 e. The fourth-order valence-electron chi connectivity index (χ4n) is 3.86. The normalized spacial score (nSPS) is 18.9. The molecule has 0 aliphatic carbocycles. The predicted molar refractivity (Wildman–Crippen MR) is 112 cm³/mol. The summed E-state index contributed by atoms with van der Waals surface area (Å²) in [6, 6.07) is 10.1. The number of piperidine rings is 1. The van der Waals surface area contributed by atoms with Gasteiger partial charge in [-0.2, -0.15) is 0 Å². The maximum absolute atomic E-state index is 12.7. The summed E-state index contributed by atoms with van der Waals surface area (Å²) in [5.74, 6) is 0.902. The molecule has 7 nitrogen and oxygen atoms in total. The molecule has 0 bridgehead atoms. The smallest absolute Gasteiger partial charge is 0.227 e. The van der Waals surface area contributed by atoms with E-state index >= 15 is 0 Å². The Hall–Kier alpha value is -2.67. The standard InChI is InChI=1S/C21H28N6O/c1-25-13-15-26(16-14-25)19-5-3-18(4-6-19)24-20(28)17-7-11-27(12-8-17)21-22-9-2-10-23-21/h2-6,9-10,17H,7-8,11-16H2,1H3,(H,24,28). The average molecular weight is 380 g/mol. The van der Waals surface area contributed by atoms with Gasteiger partial charge in [-0.3, -0.25) is 4.79 Å². The third kappa shape index (κ3) is 4.42. The molecule has 4 rings (SSSR count). The predicted octanol–water partition coefficient (Wildman–Crippen LogP) is 2.08. The number of carbonyl (C=O) groups is 1. The van der Waals surface area contributed by atoms with Gasteiger partial charge in [-0.25, -0.2) is 9.97 Å². The molecule has 0 unspecified atom stereocenters. The summed E-state index contributed by atoms with van der Waals surface area (Å²) in [5, 5.41) is 3.09. The van der Waals surface area contributed by atoms with Crippen molar-refractivity contribution in [2.45, 2.75) is 12.8 Å². The number of amides is 1. The summed E-state index contributed by atoms with van der Waals surface area (Å²) in [7, 11) is 2.16. The zero-order chi connectivity index (χ0) is 19.3. The van der Waals surface area contributed by atoms with Crippen LogP contribution in [0.25, 0.3) is 0 Å². The van der Waals surface area contributed by atoms with Gasteiger partial charge in [-0.15, -0.1) is 0 Å². The van der Waals surface area contributed by atoms with Crippen LogP contribution < -0.4 is 15.1 Å². The van der Waals surface area contributed by atoms with Crippen molar-refractivity contribution in [1.82, 2.24) is 14.9 Å². The van der Waals surface area contributed by atoms with Crippen molar-refractivity contribution < 1.29 is 4.79 Å². The minimum absolute atomic E-state index is 0.0391. The molecular weight excluding hydrogens is 352 g/mol. The Morgan fingerprint density at radius 3 is 2.21 bits per heavy atom. The molecule has 2 saturated heterocycles. The van der Waals surface area contributed by atoms with Gasteiger partial charge < -0.3 is 20.0 Å². The number of likely N-dealkylation sites (N-methyl/N-ethyl adjacent to an activating group) is 1. The maximum atomic E-state index is 12.7. The lowest BCUT2D eigenvalue weighted by molar-refractivity contribution is -0.120. The van der Waals surface area contributed by atoms with E-state index in [1.165, 1.54) is 5.69 Å². The van der Waals surface area contributed by atoms with Crippen molar-refractivity contribution in [3.05, 3.63) is 42.7 Å². The lowest BCUT2D eigenvalue weighted by atomic mass is 9.96. The first-order valence-corrected chi connectivity index (χ1v) is 10.1. The van der Waals surface area contributed by atoms with E-state index in [2.05, 4.69) is 49.2 Å². The first-order chi connectivity index (χ1) is 13.7. The molecular formula is C21H28N6O. The molecule has 2 aliphatic rings. The number of carbonyl (C=O) groups excluding carboxylic acids is 1. The molecule has 2 aromatic rings. The quantitative estimate of drug-likeness (QED) is 0.876. The Morgan fingerprint density at radius 1 is 0.929 bits per heavy atom. The molecule has 1 N–H and O–H groups in total. The molecule has 0 saturated carbocycles. The van der Waals surface area contributed by atoms with Crippen molar-refractivity contribution >= 4 is 23.2 Å². The number of hydrogen-bond acceptors (Lipinski definition) is 6. The summed E-state index contributed by atoms with van der Waals surface area (Å²) in [6.07, 6.45) is 5.16. The topological polar surface area (TPSA) is 64.6 Å². The second-order valence-electron chi connectivity index (χ2n) is 7.64. The van der Waals surface area contributed by atoms with Crippen molar-refractivity contribution in [3.63, 3.8) is 0 Å². The monoisotopic (exact) mass is 380 g/mol. The van der Waals surface area contributed by atoms with Crippen LogP contribution in [0.1, 0.15) is 12.8 Å². The summed E-state index contributed by atoms with van der Waals surface area (Å²) >= 11 is 0. The summed E-state index contributed by atoms with van der Waals surface area (Å²) in [4.78, 5) is 28.1. The van der Waals surface area contributed by atoms with E-state index < -0.39 is 0 Å². The third-order valence-electron chi connectivity index (χ3n) is 5.70. The molecule has 3 heterocycles. The number of benzene rings is 1. The van der Waals surface area contributed by atoms with E-state index in [9.17, 15) is 4.79 Å². The van der Waals surface area contributed by atoms with E-state index in [0.717, 1.165) is 63.7 Å². The summed E-state index contributed by atoms with van der Waals surface area (Å²) in [5.41, 5.74) is 2.10. The Balaban J connectivity index is 1.28. The number of aromatic nitrogens is 2. The van der Waals surface area contributed by atoms with E-state index in [0.29, 0.717) is 0 Å². The van der Waals surface area contributed by atoms with Gasteiger partial charge in [0, 0.05) is 69.0 Å². The second kappa shape index (κ2) is 8.56. The lowest BCUT2D eigenvalue weighted by Crippen LogP contribution is -2.44. The number of anilines is 3. The fraction of sp³-hybridized carbons (Fsp3) is 0.476. The zero-order valence-electron chi connectivity index (χ0n) is 16.4. The van der Waals surface area contributed by atoms with E-state index in [4.69, 9.17) is 0 Å². The number of rotatable bonds is 4. The van der Waals surface area contributed by atoms with Crippen molar-refractivity contribution in [2.24, 2.45) is 5.92 Å². The average Bonchev–Trinajstić information content (AvgIpc) is 2.76. The molecule has 148 valence electrons. The minimum atomic E-state index is 0.0391. The van der Waals surface area contributed by atoms with Crippen molar-refractivity contribution in [1.29, 1.82) is 0 Å². The Labute approximate surface area is 166 Å². The van der Waals surface area contributed by atoms with Crippen LogP contribution in [0.2, 0.25) is 0 Å². The molecule has 1 amide bonds. The number of piperazine rings is 1. The largest absolute Gasteiger partial charge is 0.369 e. The van der Waals surface area contributed by atoms with Crippen LogP contribution >= 0.6 is 0 Å². The Kier molecular flexibility index (Phi) is 5.71. The van der Waals surface area contributed by atoms with E-state index in [-0.39, 0.29) is 11.8 Å². The SMILES string of the molecule is CN1CCN(c2ccc(NC(=O)C3CCN(c4ncccn4)CC3)cc2)CC1. The van der Waals surface area contributed by atoms with Crippen LogP contribution in [0, 0.1) is 5.92 Å². The van der Waals surface area contributed by atoms with Crippen LogP contribution in [0.4, 0.5) is 17.3 Å². The van der Waals surface area contributed by atoms with Gasteiger partial charge in [0.2, 0.25) is 11.9 Å². The molecule has 7 heteroatoms. The van der Waals surface area contributed by atoms with Crippen LogP contribution in [-0.4, -0.2) is 67.1 Å². The molecule has 1 aromatic heterocycles. The highest BCUT2D eigenvalue weighted by Crippen LogP contribution is 2.23. The van der Waals surface area contributed by atoms with Crippen LogP contribution in [-0.2, 0) is 4.79 Å². The third-order valence-corrected chi connectivity index (χ3v) is 5.70. The summed E-state index contributed by atoms with van der Waals surface area (Å²) < 4.78 is 0. The van der Waals surface area contributed by atoms with Crippen molar-refractivity contribution in [2.75, 3.05) is 61.4 Å². The number of hydrogen-bond donors (Lipinski definition) is 1. The summed E-state index contributed by atoms with van der Waals surface area (Å²) in [6.45, 7) is 5.89. The molecule has 0 radical (unpaired) electrons. The molecule has 28 heavy (non-hydrogen) atoms. The molecule has 1 aromatic carbocycles. The Bertz CT molecular complexity index is 765. The van der Waals surface area contributed by atoms with Crippen LogP contribution in [0.3, 0.4) is 0 Å². The van der Waals surface area contributed by atoms with E-state index in [1.54, 1.807) is 12.4 Å². The highest BCUT2D eigenvalue weighted by Gasteiger charge is 2.26. The molecule has 2 fully saturated rings. The Morgan fingerprint density at radius 2 is 1.57 bits per heavy atom. The molecule has 0 spiro atoms. The first kappa shape index (κ1) is 18.7. The zero-order valence-corrected chi connectivity index (χ0v) is 16.4. The highest BCUT2D eigenvalue weighted by atomic mass is 16.1.